The summed E-state index contributed by atoms with van der Waals surface area (Å²) in [5, 5.41) is 34.7. The van der Waals surface area contributed by atoms with E-state index in [0.29, 0.717) is 170 Å². The maximum atomic E-state index is 12.0. The molecule has 0 aromatic rings. The van der Waals surface area contributed by atoms with Gasteiger partial charge in [-0.25, -0.2) is 0 Å². The van der Waals surface area contributed by atoms with E-state index < -0.39 is 24.2 Å². The van der Waals surface area contributed by atoms with Crippen molar-refractivity contribution in [3.8, 4) is 0 Å². The summed E-state index contributed by atoms with van der Waals surface area (Å²) >= 11 is 0. The number of carbonyl (C=O) groups excluding carboxylic acids is 8. The van der Waals surface area contributed by atoms with E-state index in [4.69, 9.17) is 53.3 Å². The van der Waals surface area contributed by atoms with Gasteiger partial charge in [0.05, 0.1) is 50.6 Å². The van der Waals surface area contributed by atoms with Crippen molar-refractivity contribution in [3.63, 3.8) is 0 Å². The number of ether oxygens (including phenoxy) is 4. The first kappa shape index (κ1) is 88.6. The zero-order chi connectivity index (χ0) is 64.5. The van der Waals surface area contributed by atoms with Crippen molar-refractivity contribution in [1.82, 2.24) is 63.8 Å². The van der Waals surface area contributed by atoms with E-state index in [0.717, 1.165) is 51.9 Å². The van der Waals surface area contributed by atoms with Gasteiger partial charge in [-0.2, -0.15) is 0 Å². The monoisotopic (exact) mass is 1250 g/mol. The van der Waals surface area contributed by atoms with Crippen LogP contribution >= 0.6 is 0 Å². The van der Waals surface area contributed by atoms with Crippen LogP contribution in [0.25, 0.3) is 0 Å². The molecule has 0 saturated carbocycles. The predicted octanol–water partition coefficient (Wildman–Crippen LogP) is -4.28. The first-order chi connectivity index (χ1) is 41.5. The highest BCUT2D eigenvalue weighted by Gasteiger charge is 2.18. The summed E-state index contributed by atoms with van der Waals surface area (Å²) in [6, 6.07) is -2.75. The third-order valence-corrected chi connectivity index (χ3v) is 12.0. The molecule has 0 aliphatic carbocycles. The molecule has 0 aromatic carbocycles. The molecular weight excluding hydrogens is 1130 g/mol. The molecule has 30 heteroatoms. The van der Waals surface area contributed by atoms with Crippen molar-refractivity contribution in [2.45, 2.75) is 149 Å². The maximum Gasteiger partial charge on any atom is 0.236 e. The Hall–Kier alpha value is -4.80. The predicted molar refractivity (Wildman–Crippen MR) is 343 cm³/mol. The molecule has 87 heavy (non-hydrogen) atoms. The van der Waals surface area contributed by atoms with Gasteiger partial charge in [-0.1, -0.05) is 34.6 Å². The molecule has 4 unspecified atom stereocenters. The average Bonchev–Trinajstić information content (AvgIpc) is 3.61. The van der Waals surface area contributed by atoms with Crippen molar-refractivity contribution in [2.75, 3.05) is 171 Å². The van der Waals surface area contributed by atoms with Crippen molar-refractivity contribution in [1.29, 1.82) is 0 Å². The van der Waals surface area contributed by atoms with E-state index in [1.807, 2.05) is 0 Å². The van der Waals surface area contributed by atoms with Crippen LogP contribution in [0.4, 0.5) is 0 Å². The molecule has 4 atom stereocenters. The quantitative estimate of drug-likeness (QED) is 0.0256. The van der Waals surface area contributed by atoms with Gasteiger partial charge in [0.25, 0.3) is 0 Å². The SMILES string of the molecule is C.CCCCNC(=O)C(N)CCC(=O)NCCNCCC.CCCNCCNC(=O)CCC(N)C(=O)NCCCOCCOC.NCCNCCNC(=O)CCC(N)C(=O)NCCCOCCOCCCNC(=O)C(N)CCC(=O)NCCNCCN. The highest BCUT2D eigenvalue weighted by atomic mass is 16.5. The van der Waals surface area contributed by atoms with Crippen LogP contribution in [-0.4, -0.2) is 243 Å². The molecule has 0 radical (unpaired) electrons. The van der Waals surface area contributed by atoms with E-state index in [-0.39, 0.29) is 93.2 Å². The summed E-state index contributed by atoms with van der Waals surface area (Å²) in [6.45, 7) is 21.0. The first-order valence-electron chi connectivity index (χ1n) is 31.2. The minimum absolute atomic E-state index is 0. The number of hydrogen-bond acceptors (Lipinski definition) is 22. The zero-order valence-corrected chi connectivity index (χ0v) is 53.0. The second kappa shape index (κ2) is 68.7. The molecule has 0 spiro atoms. The fourth-order valence-electron chi connectivity index (χ4n) is 6.88. The van der Waals surface area contributed by atoms with Gasteiger partial charge < -0.3 is 117 Å². The summed E-state index contributed by atoms with van der Waals surface area (Å²) in [6.07, 6.45) is 8.25. The molecule has 0 aliphatic heterocycles. The Morgan fingerprint density at radius 3 is 0.839 bits per heavy atom. The number of nitrogens with two attached hydrogens (primary N) is 6. The minimum atomic E-state index is -0.743. The van der Waals surface area contributed by atoms with Gasteiger partial charge in [-0.15, -0.1) is 0 Å². The topological polar surface area (TPSA) is 474 Å². The molecule has 0 bridgehead atoms. The summed E-state index contributed by atoms with van der Waals surface area (Å²) in [5.41, 5.74) is 34.0. The lowest BCUT2D eigenvalue weighted by atomic mass is 10.1. The van der Waals surface area contributed by atoms with E-state index in [2.05, 4.69) is 84.6 Å². The molecule has 0 aliphatic rings. The molecule has 0 saturated heterocycles. The molecule has 0 aromatic heterocycles. The second-order valence-corrected chi connectivity index (χ2v) is 20.0. The lowest BCUT2D eigenvalue weighted by Crippen LogP contribution is -2.42. The van der Waals surface area contributed by atoms with Crippen LogP contribution in [0.3, 0.4) is 0 Å². The van der Waals surface area contributed by atoms with Crippen LogP contribution < -0.4 is 98.2 Å². The first-order valence-corrected chi connectivity index (χ1v) is 31.2. The van der Waals surface area contributed by atoms with Gasteiger partial charge in [0.15, 0.2) is 0 Å². The molecule has 8 amide bonds. The Morgan fingerprint density at radius 1 is 0.322 bits per heavy atom. The van der Waals surface area contributed by atoms with Gasteiger partial charge in [0.2, 0.25) is 47.3 Å². The number of methoxy groups -OCH3 is 1. The normalized spacial score (nSPS) is 12.0. The van der Waals surface area contributed by atoms with E-state index in [1.165, 1.54) is 0 Å². The van der Waals surface area contributed by atoms with Crippen LogP contribution in [0.2, 0.25) is 0 Å². The number of nitrogens with one attached hydrogen (secondary N) is 12. The molecule has 30 nitrogen and oxygen atoms in total. The van der Waals surface area contributed by atoms with Crippen LogP contribution in [0.1, 0.15) is 125 Å². The smallest absolute Gasteiger partial charge is 0.236 e. The number of amides is 8. The number of hydrogen-bond donors (Lipinski definition) is 18. The van der Waals surface area contributed by atoms with E-state index in [1.54, 1.807) is 7.11 Å². The van der Waals surface area contributed by atoms with Gasteiger partial charge in [0.1, 0.15) is 0 Å². The van der Waals surface area contributed by atoms with E-state index >= 15 is 0 Å². The van der Waals surface area contributed by atoms with Crippen LogP contribution in [-0.2, 0) is 57.3 Å². The van der Waals surface area contributed by atoms with Gasteiger partial charge >= 0.3 is 0 Å². The molecule has 514 valence electrons. The van der Waals surface area contributed by atoms with E-state index in [9.17, 15) is 38.4 Å². The molecule has 24 N–H and O–H groups in total. The maximum absolute atomic E-state index is 12.0. The average molecular weight is 1250 g/mol. The van der Waals surface area contributed by atoms with Gasteiger partial charge in [-0.3, -0.25) is 38.4 Å². The Balaban J connectivity index is -0.000000647. The van der Waals surface area contributed by atoms with Crippen LogP contribution in [0.5, 0.6) is 0 Å². The second-order valence-electron chi connectivity index (χ2n) is 20.0. The fraction of sp³-hybridized carbons (Fsp3) is 0.860. The Morgan fingerprint density at radius 2 is 0.586 bits per heavy atom. The Bertz CT molecular complexity index is 1610. The highest BCUT2D eigenvalue weighted by molar-refractivity contribution is 5.85. The number of unbranched alkanes of at least 4 members (excludes halogenated alkanes) is 1. The third kappa shape index (κ3) is 65.5. The molecular formula is C57H124N18O12. The molecule has 0 fully saturated rings. The summed E-state index contributed by atoms with van der Waals surface area (Å²) in [4.78, 5) is 94.2. The lowest BCUT2D eigenvalue weighted by Gasteiger charge is -2.13. The minimum Gasteiger partial charge on any atom is -0.382 e. The van der Waals surface area contributed by atoms with Crippen molar-refractivity contribution in [3.05, 3.63) is 0 Å². The lowest BCUT2D eigenvalue weighted by molar-refractivity contribution is -0.125. The summed E-state index contributed by atoms with van der Waals surface area (Å²) < 4.78 is 21.1. The highest BCUT2D eigenvalue weighted by Crippen LogP contribution is 1.99. The molecule has 0 heterocycles. The van der Waals surface area contributed by atoms with Crippen LogP contribution in [0.15, 0.2) is 0 Å². The standard InChI is InChI=1S/C26H56N10O6.C16H34N4O4.C14H30N4O2.CH4/c27-7-11-31-13-15-33-23(37)5-3-21(29)25(39)35-9-1-17-41-19-20-42-18-2-10-36-26(40)22(30)4-6-24(38)34-16-14-32-12-8-28;1-3-7-18-9-10-19-15(21)6-5-14(17)16(22)20-8-4-11-24-13-12-23-2;1-3-5-9-18-14(20)12(15)6-7-13(19)17-11-10-16-8-4-2;/h21-22,31-32H,1-20,27-30H2,(H,33,37)(H,34,38)(H,35,39)(H,36,40);14,18H,3-13,17H2,1-2H3,(H,19,21)(H,20,22);12,16H,3-11,15H2,1-2H3,(H,17,19)(H,18,20);1H4. The Kier molecular flexibility index (Phi) is 70.0. The third-order valence-electron chi connectivity index (χ3n) is 12.0. The number of rotatable bonds is 57. The fourth-order valence-corrected chi connectivity index (χ4v) is 6.88. The number of carbonyl (C=O) groups is 8. The van der Waals surface area contributed by atoms with Crippen LogP contribution in [0, 0.1) is 0 Å². The van der Waals surface area contributed by atoms with Crippen molar-refractivity contribution < 1.29 is 57.3 Å². The molecule has 0 rings (SSSR count). The Labute approximate surface area is 521 Å². The van der Waals surface area contributed by atoms with Crippen molar-refractivity contribution in [2.24, 2.45) is 34.4 Å². The van der Waals surface area contributed by atoms with Gasteiger partial charge in [0, 0.05) is 157 Å². The largest absolute Gasteiger partial charge is 0.382 e. The summed E-state index contributed by atoms with van der Waals surface area (Å²) in [7, 11) is 1.62. The summed E-state index contributed by atoms with van der Waals surface area (Å²) in [5.74, 6) is -1.42. The van der Waals surface area contributed by atoms with Gasteiger partial charge in [-0.05, 0) is 77.3 Å². The van der Waals surface area contributed by atoms with Crippen molar-refractivity contribution >= 4 is 47.3 Å². The zero-order valence-electron chi connectivity index (χ0n) is 53.0.